The summed E-state index contributed by atoms with van der Waals surface area (Å²) in [4.78, 5) is 6.93. The first-order valence-corrected chi connectivity index (χ1v) is 7.95. The molecule has 0 spiro atoms. The molecule has 2 fully saturated rings. The lowest BCUT2D eigenvalue weighted by Gasteiger charge is -2.44. The van der Waals surface area contributed by atoms with Gasteiger partial charge >= 0.3 is 6.18 Å². The van der Waals surface area contributed by atoms with E-state index in [9.17, 15) is 23.4 Å². The topological polar surface area (TPSA) is 96.7 Å². The molecule has 2 aliphatic heterocycles. The summed E-state index contributed by atoms with van der Waals surface area (Å²) in [6.45, 7) is 0.0710. The molecular weight excluding hydrogens is 367 g/mol. The zero-order valence-corrected chi connectivity index (χ0v) is 13.9. The van der Waals surface area contributed by atoms with Gasteiger partial charge in [-0.15, -0.1) is 0 Å². The molecule has 25 heavy (non-hydrogen) atoms. The summed E-state index contributed by atoms with van der Waals surface area (Å²) in [5, 5.41) is 23.0. The molecule has 2 bridgehead atoms. The molecule has 0 aromatic carbocycles. The van der Waals surface area contributed by atoms with Gasteiger partial charge in [-0.05, 0) is 24.4 Å². The Balaban J connectivity index is 1.89. The molecule has 7 nitrogen and oxygen atoms in total. The molecule has 1 aromatic rings. The van der Waals surface area contributed by atoms with Gasteiger partial charge in [0.2, 0.25) is 5.28 Å². The number of aliphatic hydroxyl groups is 2. The van der Waals surface area contributed by atoms with Crippen LogP contribution in [0.1, 0.15) is 18.4 Å². The molecule has 5 atom stereocenters. The Morgan fingerprint density at radius 2 is 2.20 bits per heavy atom. The summed E-state index contributed by atoms with van der Waals surface area (Å²) in [6, 6.07) is -0.991. The van der Waals surface area contributed by atoms with Crippen molar-refractivity contribution in [3.05, 3.63) is 17.0 Å². The van der Waals surface area contributed by atoms with Crippen molar-refractivity contribution in [2.75, 3.05) is 19.0 Å². The smallest absolute Gasteiger partial charge is 0.388 e. The number of rotatable bonds is 4. The van der Waals surface area contributed by atoms with Crippen LogP contribution in [0.3, 0.4) is 0 Å². The minimum atomic E-state index is -4.71. The van der Waals surface area contributed by atoms with Gasteiger partial charge in [0.05, 0.1) is 18.8 Å². The first kappa shape index (κ1) is 18.6. The van der Waals surface area contributed by atoms with Crippen molar-refractivity contribution in [1.82, 2.24) is 9.97 Å². The van der Waals surface area contributed by atoms with Crippen LogP contribution in [-0.4, -0.2) is 63.9 Å². The first-order chi connectivity index (χ1) is 11.7. The van der Waals surface area contributed by atoms with Gasteiger partial charge in [0.15, 0.2) is 0 Å². The highest BCUT2D eigenvalue weighted by Crippen LogP contribution is 2.43. The predicted molar refractivity (Wildman–Crippen MR) is 80.2 cm³/mol. The van der Waals surface area contributed by atoms with E-state index in [1.54, 1.807) is 0 Å². The fourth-order valence-corrected chi connectivity index (χ4v) is 3.59. The van der Waals surface area contributed by atoms with Crippen molar-refractivity contribution in [3.8, 4) is 0 Å². The number of anilines is 1. The minimum Gasteiger partial charge on any atom is -0.388 e. The fourth-order valence-electron chi connectivity index (χ4n) is 3.45. The van der Waals surface area contributed by atoms with Crippen LogP contribution in [0.4, 0.5) is 19.0 Å². The van der Waals surface area contributed by atoms with Crippen molar-refractivity contribution < 1.29 is 32.9 Å². The number of nitrogens with one attached hydrogen (secondary N) is 1. The van der Waals surface area contributed by atoms with E-state index in [-0.39, 0.29) is 11.9 Å². The molecule has 0 amide bonds. The maximum Gasteiger partial charge on any atom is 0.421 e. The number of fused-ring (bicyclic) bond motifs is 2. The Morgan fingerprint density at radius 1 is 1.48 bits per heavy atom. The minimum absolute atomic E-state index is 0.0710. The number of halogens is 4. The Bertz CT molecular complexity index is 650. The monoisotopic (exact) mass is 383 g/mol. The Kier molecular flexibility index (Phi) is 4.84. The maximum atomic E-state index is 13.1. The van der Waals surface area contributed by atoms with E-state index >= 15 is 0 Å². The summed E-state index contributed by atoms with van der Waals surface area (Å²) in [5.41, 5.74) is -2.18. The SMILES string of the molecule is COC[C@@]12CC[C@@H](O1)[C@H](Nc1nc(Cl)ncc1C(F)(F)F)[C@@H](O)[C@H]2O. The van der Waals surface area contributed by atoms with Crippen LogP contribution in [-0.2, 0) is 15.7 Å². The van der Waals surface area contributed by atoms with E-state index < -0.39 is 47.5 Å². The second kappa shape index (κ2) is 6.51. The third kappa shape index (κ3) is 3.28. The van der Waals surface area contributed by atoms with Crippen LogP contribution in [0.5, 0.6) is 0 Å². The van der Waals surface area contributed by atoms with Crippen LogP contribution in [0.15, 0.2) is 6.20 Å². The number of alkyl halides is 3. The Morgan fingerprint density at radius 3 is 2.84 bits per heavy atom. The molecular formula is C14H17ClF3N3O4. The lowest BCUT2D eigenvalue weighted by atomic mass is 9.88. The third-order valence-corrected chi connectivity index (χ3v) is 4.81. The van der Waals surface area contributed by atoms with Crippen molar-refractivity contribution >= 4 is 17.4 Å². The van der Waals surface area contributed by atoms with Gasteiger partial charge in [0.25, 0.3) is 0 Å². The summed E-state index contributed by atoms with van der Waals surface area (Å²) in [6.07, 6.45) is -6.59. The van der Waals surface area contributed by atoms with Crippen molar-refractivity contribution in [2.45, 2.75) is 49.0 Å². The molecule has 0 saturated carbocycles. The number of aromatic nitrogens is 2. The van der Waals surface area contributed by atoms with Gasteiger partial charge in [-0.3, -0.25) is 0 Å². The molecule has 3 N–H and O–H groups in total. The largest absolute Gasteiger partial charge is 0.421 e. The number of methoxy groups -OCH3 is 1. The second-order valence-corrected chi connectivity index (χ2v) is 6.54. The molecule has 2 aliphatic rings. The van der Waals surface area contributed by atoms with Gasteiger partial charge in [-0.25, -0.2) is 9.97 Å². The number of nitrogens with zero attached hydrogens (tertiary/aromatic N) is 2. The third-order valence-electron chi connectivity index (χ3n) is 4.63. The molecule has 2 saturated heterocycles. The van der Waals surface area contributed by atoms with Crippen LogP contribution < -0.4 is 5.32 Å². The molecule has 0 unspecified atom stereocenters. The predicted octanol–water partition coefficient (Wildman–Crippen LogP) is 1.23. The standard InChI is InChI=1S/C14H17ClF3N3O4/c1-24-5-13-3-2-7(25-13)8(9(22)10(13)23)20-11-6(14(16,17)18)4-19-12(15)21-11/h4,7-10,22-23H,2-3,5H2,1H3,(H,19,20,21)/t7-,8+,9-,10-,13-/m1/s1. The zero-order valence-electron chi connectivity index (χ0n) is 13.1. The fraction of sp³-hybridized carbons (Fsp3) is 0.714. The molecule has 140 valence electrons. The molecule has 3 heterocycles. The van der Waals surface area contributed by atoms with Crippen LogP contribution in [0.2, 0.25) is 5.28 Å². The highest BCUT2D eigenvalue weighted by Gasteiger charge is 2.58. The van der Waals surface area contributed by atoms with E-state index in [2.05, 4.69) is 15.3 Å². The van der Waals surface area contributed by atoms with E-state index in [1.807, 2.05) is 0 Å². The average Bonchev–Trinajstić information content (AvgIpc) is 2.91. The van der Waals surface area contributed by atoms with Crippen LogP contribution in [0.25, 0.3) is 0 Å². The van der Waals surface area contributed by atoms with E-state index in [0.29, 0.717) is 19.0 Å². The molecule has 0 radical (unpaired) electrons. The lowest BCUT2D eigenvalue weighted by molar-refractivity contribution is -0.215. The van der Waals surface area contributed by atoms with Gasteiger partial charge in [-0.2, -0.15) is 13.2 Å². The van der Waals surface area contributed by atoms with Gasteiger partial charge in [0, 0.05) is 13.3 Å². The van der Waals surface area contributed by atoms with E-state index in [4.69, 9.17) is 21.1 Å². The molecule has 11 heteroatoms. The van der Waals surface area contributed by atoms with Gasteiger partial charge < -0.3 is 25.0 Å². The number of hydrogen-bond acceptors (Lipinski definition) is 7. The first-order valence-electron chi connectivity index (χ1n) is 7.57. The van der Waals surface area contributed by atoms with Crippen LogP contribution >= 0.6 is 11.6 Å². The van der Waals surface area contributed by atoms with Crippen LogP contribution in [0, 0.1) is 0 Å². The highest BCUT2D eigenvalue weighted by atomic mass is 35.5. The zero-order chi connectivity index (χ0) is 18.4. The Labute approximate surface area is 146 Å². The number of aliphatic hydroxyl groups excluding tert-OH is 2. The lowest BCUT2D eigenvalue weighted by Crippen LogP contribution is -2.63. The van der Waals surface area contributed by atoms with Crippen molar-refractivity contribution in [1.29, 1.82) is 0 Å². The molecule has 3 rings (SSSR count). The quantitative estimate of drug-likeness (QED) is 0.673. The maximum absolute atomic E-state index is 13.1. The Hall–Kier alpha value is -1.20. The summed E-state index contributed by atoms with van der Waals surface area (Å²) in [5.74, 6) is -0.571. The van der Waals surface area contributed by atoms with E-state index in [1.165, 1.54) is 7.11 Å². The van der Waals surface area contributed by atoms with Gasteiger partial charge in [-0.1, -0.05) is 0 Å². The van der Waals surface area contributed by atoms with Crippen molar-refractivity contribution in [3.63, 3.8) is 0 Å². The van der Waals surface area contributed by atoms with Crippen molar-refractivity contribution in [2.24, 2.45) is 0 Å². The number of ether oxygens (including phenoxy) is 2. The average molecular weight is 384 g/mol. The normalized spacial score (nSPS) is 35.0. The number of hydrogen-bond donors (Lipinski definition) is 3. The second-order valence-electron chi connectivity index (χ2n) is 6.20. The molecule has 1 aromatic heterocycles. The summed E-state index contributed by atoms with van der Waals surface area (Å²) >= 11 is 5.60. The summed E-state index contributed by atoms with van der Waals surface area (Å²) in [7, 11) is 1.44. The van der Waals surface area contributed by atoms with Gasteiger partial charge in [0.1, 0.15) is 29.2 Å². The highest BCUT2D eigenvalue weighted by molar-refractivity contribution is 6.28. The van der Waals surface area contributed by atoms with E-state index in [0.717, 1.165) is 0 Å². The summed E-state index contributed by atoms with van der Waals surface area (Å²) < 4.78 is 50.2. The molecule has 0 aliphatic carbocycles.